The normalized spacial score (nSPS) is 10.2. The van der Waals surface area contributed by atoms with Gasteiger partial charge in [0.25, 0.3) is 0 Å². The van der Waals surface area contributed by atoms with E-state index in [4.69, 9.17) is 11.0 Å². The minimum absolute atomic E-state index is 0.139. The number of hydrogen-bond donors (Lipinski definition) is 2. The Kier molecular flexibility index (Phi) is 3.49. The van der Waals surface area contributed by atoms with Crippen molar-refractivity contribution in [3.05, 3.63) is 52.1 Å². The topological polar surface area (TPSA) is 87.6 Å². The molecule has 0 saturated carbocycles. The maximum Gasteiger partial charge on any atom is 0.328 e. The van der Waals surface area contributed by atoms with E-state index in [1.165, 1.54) is 10.1 Å². The lowest BCUT2D eigenvalue weighted by Crippen LogP contribution is -2.18. The summed E-state index contributed by atoms with van der Waals surface area (Å²) in [5.41, 5.74) is 6.74. The number of rotatable bonds is 4. The Bertz CT molecular complexity index is 619. The van der Waals surface area contributed by atoms with Crippen LogP contribution in [0.1, 0.15) is 17.7 Å². The Labute approximate surface area is 104 Å². The molecule has 0 aliphatic rings. The summed E-state index contributed by atoms with van der Waals surface area (Å²) in [7, 11) is 0. The number of nitrogens with zero attached hydrogens (tertiary/aromatic N) is 2. The Morgan fingerprint density at radius 3 is 2.67 bits per heavy atom. The second-order valence-electron chi connectivity index (χ2n) is 4.04. The predicted octanol–water partition coefficient (Wildman–Crippen LogP) is 1.26. The molecule has 0 fully saturated rings. The van der Waals surface area contributed by atoms with E-state index in [-0.39, 0.29) is 17.2 Å². The van der Waals surface area contributed by atoms with Gasteiger partial charge in [0.2, 0.25) is 0 Å². The summed E-state index contributed by atoms with van der Waals surface area (Å²) in [5.74, 6) is 0.218. The first-order chi connectivity index (χ1) is 8.72. The first-order valence-corrected chi connectivity index (χ1v) is 5.74. The van der Waals surface area contributed by atoms with E-state index < -0.39 is 0 Å². The molecule has 92 valence electrons. The molecule has 0 spiro atoms. The van der Waals surface area contributed by atoms with Crippen LogP contribution in [0.15, 0.2) is 35.1 Å². The van der Waals surface area contributed by atoms with Gasteiger partial charge in [-0.05, 0) is 18.4 Å². The second kappa shape index (κ2) is 5.23. The van der Waals surface area contributed by atoms with Gasteiger partial charge in [-0.25, -0.2) is 4.79 Å². The number of nitriles is 1. The maximum absolute atomic E-state index is 11.5. The molecule has 0 amide bonds. The van der Waals surface area contributed by atoms with Crippen LogP contribution in [-0.4, -0.2) is 9.55 Å². The van der Waals surface area contributed by atoms with Gasteiger partial charge in [0.15, 0.2) is 5.69 Å². The number of anilines is 1. The number of benzene rings is 1. The number of aromatic amines is 1. The summed E-state index contributed by atoms with van der Waals surface area (Å²) < 4.78 is 1.40. The number of nitrogens with one attached hydrogen (secondary N) is 1. The van der Waals surface area contributed by atoms with Gasteiger partial charge in [-0.2, -0.15) is 5.26 Å². The van der Waals surface area contributed by atoms with Gasteiger partial charge in [0.1, 0.15) is 11.9 Å². The fourth-order valence-electron chi connectivity index (χ4n) is 1.88. The third-order valence-electron chi connectivity index (χ3n) is 2.83. The minimum atomic E-state index is -0.322. The van der Waals surface area contributed by atoms with Crippen LogP contribution in [0.2, 0.25) is 0 Å². The molecule has 2 aromatic rings. The summed E-state index contributed by atoms with van der Waals surface area (Å²) in [6, 6.07) is 11.9. The molecule has 1 aromatic heterocycles. The smallest absolute Gasteiger partial charge is 0.328 e. The highest BCUT2D eigenvalue weighted by Gasteiger charge is 2.09. The van der Waals surface area contributed by atoms with E-state index in [9.17, 15) is 4.79 Å². The predicted molar refractivity (Wildman–Crippen MR) is 68.9 cm³/mol. The van der Waals surface area contributed by atoms with Crippen molar-refractivity contribution in [1.29, 1.82) is 5.26 Å². The molecule has 0 bridgehead atoms. The average molecular weight is 242 g/mol. The number of hydrogen-bond acceptors (Lipinski definition) is 3. The van der Waals surface area contributed by atoms with Gasteiger partial charge in [-0.3, -0.25) is 9.55 Å². The van der Waals surface area contributed by atoms with Gasteiger partial charge >= 0.3 is 5.69 Å². The Hall–Kier alpha value is -2.48. The Balaban J connectivity index is 2.02. The molecular weight excluding hydrogens is 228 g/mol. The third-order valence-corrected chi connectivity index (χ3v) is 2.83. The number of nitrogen functional groups attached to an aromatic ring is 1. The van der Waals surface area contributed by atoms with Crippen molar-refractivity contribution in [3.63, 3.8) is 0 Å². The van der Waals surface area contributed by atoms with Crippen LogP contribution in [-0.2, 0) is 13.0 Å². The fourth-order valence-corrected chi connectivity index (χ4v) is 1.88. The quantitative estimate of drug-likeness (QED) is 0.846. The third kappa shape index (κ3) is 2.43. The molecule has 1 heterocycles. The van der Waals surface area contributed by atoms with Crippen LogP contribution in [0, 0.1) is 11.3 Å². The molecule has 0 saturated heterocycles. The molecule has 5 nitrogen and oxygen atoms in total. The van der Waals surface area contributed by atoms with Gasteiger partial charge in [-0.15, -0.1) is 0 Å². The number of H-pyrrole nitrogens is 1. The Morgan fingerprint density at radius 2 is 2.06 bits per heavy atom. The van der Waals surface area contributed by atoms with Gasteiger partial charge in [0, 0.05) is 6.54 Å². The van der Waals surface area contributed by atoms with Crippen LogP contribution in [0.5, 0.6) is 0 Å². The highest BCUT2D eigenvalue weighted by atomic mass is 16.1. The van der Waals surface area contributed by atoms with Gasteiger partial charge in [-0.1, -0.05) is 30.3 Å². The lowest BCUT2D eigenvalue weighted by molar-refractivity contribution is 0.631. The molecular formula is C13H14N4O. The summed E-state index contributed by atoms with van der Waals surface area (Å²) in [4.78, 5) is 14.0. The Morgan fingerprint density at radius 1 is 1.33 bits per heavy atom. The zero-order valence-electron chi connectivity index (χ0n) is 9.89. The zero-order valence-corrected chi connectivity index (χ0v) is 9.89. The van der Waals surface area contributed by atoms with E-state index in [1.807, 2.05) is 36.4 Å². The van der Waals surface area contributed by atoms with E-state index >= 15 is 0 Å². The molecule has 3 N–H and O–H groups in total. The number of aryl methyl sites for hydroxylation is 1. The molecule has 0 atom stereocenters. The van der Waals surface area contributed by atoms with Crippen molar-refractivity contribution in [3.8, 4) is 6.07 Å². The van der Waals surface area contributed by atoms with E-state index in [1.54, 1.807) is 0 Å². The molecule has 0 aliphatic heterocycles. The number of aromatic nitrogens is 2. The highest BCUT2D eigenvalue weighted by Crippen LogP contribution is 2.08. The van der Waals surface area contributed by atoms with Gasteiger partial charge in [0.05, 0.1) is 0 Å². The molecule has 0 unspecified atom stereocenters. The highest BCUT2D eigenvalue weighted by molar-refractivity contribution is 5.44. The lowest BCUT2D eigenvalue weighted by Gasteiger charge is -2.04. The standard InChI is InChI=1S/C13H14N4O/c14-9-11-12(15)17(13(18)16-11)8-4-7-10-5-2-1-3-6-10/h1-3,5-6H,4,7-8,15H2,(H,16,18). The van der Waals surface area contributed by atoms with Crippen LogP contribution in [0.4, 0.5) is 5.82 Å². The fraction of sp³-hybridized carbons (Fsp3) is 0.231. The molecule has 5 heteroatoms. The summed E-state index contributed by atoms with van der Waals surface area (Å²) in [6.45, 7) is 0.512. The monoisotopic (exact) mass is 242 g/mol. The molecule has 0 aliphatic carbocycles. The SMILES string of the molecule is N#Cc1[nH]c(=O)n(CCCc2ccccc2)c1N. The van der Waals surface area contributed by atoms with Crippen molar-refractivity contribution < 1.29 is 0 Å². The number of imidazole rings is 1. The first-order valence-electron chi connectivity index (χ1n) is 5.74. The van der Waals surface area contributed by atoms with Gasteiger partial charge < -0.3 is 5.73 Å². The zero-order chi connectivity index (χ0) is 13.0. The van der Waals surface area contributed by atoms with Crippen LogP contribution in [0.25, 0.3) is 0 Å². The largest absolute Gasteiger partial charge is 0.383 e. The first kappa shape index (κ1) is 12.0. The van der Waals surface area contributed by atoms with Crippen molar-refractivity contribution in [2.45, 2.75) is 19.4 Å². The summed E-state index contributed by atoms with van der Waals surface area (Å²) in [5, 5.41) is 8.75. The van der Waals surface area contributed by atoms with Crippen LogP contribution in [0.3, 0.4) is 0 Å². The lowest BCUT2D eigenvalue weighted by atomic mass is 10.1. The summed E-state index contributed by atoms with van der Waals surface area (Å²) in [6.07, 6.45) is 1.68. The van der Waals surface area contributed by atoms with Crippen molar-refractivity contribution in [2.75, 3.05) is 5.73 Å². The number of nitrogens with two attached hydrogens (primary N) is 1. The van der Waals surface area contributed by atoms with E-state index in [0.717, 1.165) is 12.8 Å². The molecule has 2 rings (SSSR count). The average Bonchev–Trinajstić information content (AvgIpc) is 2.67. The van der Waals surface area contributed by atoms with Crippen LogP contribution >= 0.6 is 0 Å². The van der Waals surface area contributed by atoms with Crippen LogP contribution < -0.4 is 11.4 Å². The second-order valence-corrected chi connectivity index (χ2v) is 4.04. The molecule has 0 radical (unpaired) electrons. The van der Waals surface area contributed by atoms with E-state index in [0.29, 0.717) is 6.54 Å². The minimum Gasteiger partial charge on any atom is -0.383 e. The van der Waals surface area contributed by atoms with Crippen molar-refractivity contribution in [1.82, 2.24) is 9.55 Å². The summed E-state index contributed by atoms with van der Waals surface area (Å²) >= 11 is 0. The van der Waals surface area contributed by atoms with E-state index in [2.05, 4.69) is 4.98 Å². The van der Waals surface area contributed by atoms with Crippen molar-refractivity contribution >= 4 is 5.82 Å². The van der Waals surface area contributed by atoms with Crippen molar-refractivity contribution in [2.24, 2.45) is 0 Å². The molecule has 18 heavy (non-hydrogen) atoms. The maximum atomic E-state index is 11.5. The molecule has 1 aromatic carbocycles.